The molecule has 1 aliphatic rings. The first-order chi connectivity index (χ1) is 8.83. The molecule has 94 valence electrons. The molecule has 1 atom stereocenters. The number of hydrogen-bond acceptors (Lipinski definition) is 2. The van der Waals surface area contributed by atoms with E-state index in [9.17, 15) is 5.11 Å². The normalized spacial score (nSPS) is 18.3. The molecule has 1 N–H and O–H groups in total. The van der Waals surface area contributed by atoms with Crippen molar-refractivity contribution < 1.29 is 5.11 Å². The van der Waals surface area contributed by atoms with Crippen LogP contribution in [-0.2, 0) is 0 Å². The second kappa shape index (κ2) is 5.09. The van der Waals surface area contributed by atoms with Crippen LogP contribution in [0.4, 0.5) is 0 Å². The first-order valence-corrected chi connectivity index (χ1v) is 6.72. The molecule has 0 spiro atoms. The van der Waals surface area contributed by atoms with E-state index in [0.717, 1.165) is 25.2 Å². The molecule has 2 heteroatoms. The maximum atomic E-state index is 10.3. The summed E-state index contributed by atoms with van der Waals surface area (Å²) >= 11 is 0. The van der Waals surface area contributed by atoms with Gasteiger partial charge in [-0.25, -0.2) is 0 Å². The van der Waals surface area contributed by atoms with Gasteiger partial charge in [0, 0.05) is 6.54 Å². The SMILES string of the molecule is OC(CN1CCCC1)c1ccc2ccccc2c1. The molecular formula is C16H19NO. The van der Waals surface area contributed by atoms with E-state index in [1.54, 1.807) is 0 Å². The van der Waals surface area contributed by atoms with Gasteiger partial charge in [0.25, 0.3) is 0 Å². The molecule has 0 saturated carbocycles. The highest BCUT2D eigenvalue weighted by Gasteiger charge is 2.16. The smallest absolute Gasteiger partial charge is 0.0917 e. The Morgan fingerprint density at radius 1 is 1.00 bits per heavy atom. The summed E-state index contributed by atoms with van der Waals surface area (Å²) in [5.41, 5.74) is 1.03. The van der Waals surface area contributed by atoms with Crippen molar-refractivity contribution in [2.45, 2.75) is 18.9 Å². The summed E-state index contributed by atoms with van der Waals surface area (Å²) in [5, 5.41) is 12.7. The van der Waals surface area contributed by atoms with Crippen LogP contribution in [0.5, 0.6) is 0 Å². The van der Waals surface area contributed by atoms with Crippen molar-refractivity contribution >= 4 is 10.8 Å². The highest BCUT2D eigenvalue weighted by molar-refractivity contribution is 5.83. The van der Waals surface area contributed by atoms with Crippen molar-refractivity contribution in [2.75, 3.05) is 19.6 Å². The average Bonchev–Trinajstić information content (AvgIpc) is 2.91. The van der Waals surface area contributed by atoms with Gasteiger partial charge in [0.15, 0.2) is 0 Å². The Balaban J connectivity index is 1.80. The highest BCUT2D eigenvalue weighted by Crippen LogP contribution is 2.22. The third-order valence-corrected chi connectivity index (χ3v) is 3.79. The van der Waals surface area contributed by atoms with Crippen LogP contribution < -0.4 is 0 Å². The molecule has 18 heavy (non-hydrogen) atoms. The molecule has 1 saturated heterocycles. The molecule has 0 amide bonds. The van der Waals surface area contributed by atoms with E-state index in [0.29, 0.717) is 0 Å². The Bertz CT molecular complexity index is 531. The van der Waals surface area contributed by atoms with Gasteiger partial charge in [0.1, 0.15) is 0 Å². The van der Waals surface area contributed by atoms with Crippen LogP contribution in [0.2, 0.25) is 0 Å². The van der Waals surface area contributed by atoms with E-state index < -0.39 is 0 Å². The van der Waals surface area contributed by atoms with E-state index in [2.05, 4.69) is 29.2 Å². The van der Waals surface area contributed by atoms with Crippen LogP contribution in [0, 0.1) is 0 Å². The van der Waals surface area contributed by atoms with E-state index >= 15 is 0 Å². The Hall–Kier alpha value is -1.38. The molecule has 1 heterocycles. The monoisotopic (exact) mass is 241 g/mol. The standard InChI is InChI=1S/C16H19NO/c18-16(12-17-9-3-4-10-17)15-8-7-13-5-1-2-6-14(13)11-15/h1-2,5-8,11,16,18H,3-4,9-10,12H2. The fourth-order valence-corrected chi connectivity index (χ4v) is 2.73. The van der Waals surface area contributed by atoms with Crippen molar-refractivity contribution in [3.63, 3.8) is 0 Å². The molecule has 0 radical (unpaired) electrons. The highest BCUT2D eigenvalue weighted by atomic mass is 16.3. The molecule has 3 rings (SSSR count). The summed E-state index contributed by atoms with van der Waals surface area (Å²) in [6, 6.07) is 14.5. The number of nitrogens with zero attached hydrogens (tertiary/aromatic N) is 1. The van der Waals surface area contributed by atoms with Gasteiger partial charge in [-0.05, 0) is 48.3 Å². The second-order valence-electron chi connectivity index (χ2n) is 5.13. The molecule has 2 nitrogen and oxygen atoms in total. The minimum absolute atomic E-state index is 0.368. The lowest BCUT2D eigenvalue weighted by Gasteiger charge is -2.19. The third kappa shape index (κ3) is 2.40. The zero-order valence-corrected chi connectivity index (χ0v) is 10.5. The zero-order chi connectivity index (χ0) is 12.4. The molecule has 1 unspecified atom stereocenters. The molecule has 0 aromatic heterocycles. The van der Waals surface area contributed by atoms with Crippen molar-refractivity contribution in [3.8, 4) is 0 Å². The van der Waals surface area contributed by atoms with Crippen LogP contribution in [-0.4, -0.2) is 29.6 Å². The number of aliphatic hydroxyl groups excluding tert-OH is 1. The van der Waals surface area contributed by atoms with Crippen LogP contribution in [0.15, 0.2) is 42.5 Å². The Labute approximate surface area is 108 Å². The largest absolute Gasteiger partial charge is 0.387 e. The first kappa shape index (κ1) is 11.7. The zero-order valence-electron chi connectivity index (χ0n) is 10.5. The Morgan fingerprint density at radius 3 is 2.50 bits per heavy atom. The summed E-state index contributed by atoms with van der Waals surface area (Å²) in [5.74, 6) is 0. The quantitative estimate of drug-likeness (QED) is 0.893. The minimum Gasteiger partial charge on any atom is -0.387 e. The molecule has 1 aliphatic heterocycles. The second-order valence-corrected chi connectivity index (χ2v) is 5.13. The molecule has 1 fully saturated rings. The van der Waals surface area contributed by atoms with Crippen molar-refractivity contribution in [1.82, 2.24) is 4.90 Å². The minimum atomic E-state index is -0.368. The number of likely N-dealkylation sites (tertiary alicyclic amines) is 1. The molecule has 2 aromatic rings. The van der Waals surface area contributed by atoms with Crippen LogP contribution in [0.25, 0.3) is 10.8 Å². The van der Waals surface area contributed by atoms with Gasteiger partial charge in [-0.2, -0.15) is 0 Å². The molecule has 0 bridgehead atoms. The number of fused-ring (bicyclic) bond motifs is 1. The van der Waals surface area contributed by atoms with Crippen molar-refractivity contribution in [1.29, 1.82) is 0 Å². The van der Waals surface area contributed by atoms with Gasteiger partial charge in [-0.15, -0.1) is 0 Å². The van der Waals surface area contributed by atoms with Gasteiger partial charge in [-0.1, -0.05) is 36.4 Å². The fourth-order valence-electron chi connectivity index (χ4n) is 2.73. The first-order valence-electron chi connectivity index (χ1n) is 6.72. The van der Waals surface area contributed by atoms with E-state index in [4.69, 9.17) is 0 Å². The topological polar surface area (TPSA) is 23.5 Å². The fraction of sp³-hybridized carbons (Fsp3) is 0.375. The molecule has 0 aliphatic carbocycles. The summed E-state index contributed by atoms with van der Waals surface area (Å²) < 4.78 is 0. The lowest BCUT2D eigenvalue weighted by molar-refractivity contribution is 0.126. The van der Waals surface area contributed by atoms with Gasteiger partial charge in [0.2, 0.25) is 0 Å². The molecule has 2 aromatic carbocycles. The third-order valence-electron chi connectivity index (χ3n) is 3.79. The van der Waals surface area contributed by atoms with E-state index in [-0.39, 0.29) is 6.10 Å². The lowest BCUT2D eigenvalue weighted by Crippen LogP contribution is -2.25. The average molecular weight is 241 g/mol. The van der Waals surface area contributed by atoms with Gasteiger partial charge < -0.3 is 10.0 Å². The van der Waals surface area contributed by atoms with Crippen molar-refractivity contribution in [3.05, 3.63) is 48.0 Å². The maximum absolute atomic E-state index is 10.3. The summed E-state index contributed by atoms with van der Waals surface area (Å²) in [7, 11) is 0. The number of aliphatic hydroxyl groups is 1. The number of hydrogen-bond donors (Lipinski definition) is 1. The van der Waals surface area contributed by atoms with E-state index in [1.807, 2.05) is 18.2 Å². The van der Waals surface area contributed by atoms with E-state index in [1.165, 1.54) is 23.6 Å². The van der Waals surface area contributed by atoms with Gasteiger partial charge in [-0.3, -0.25) is 0 Å². The lowest BCUT2D eigenvalue weighted by atomic mass is 10.0. The van der Waals surface area contributed by atoms with Crippen LogP contribution in [0.3, 0.4) is 0 Å². The van der Waals surface area contributed by atoms with Crippen LogP contribution >= 0.6 is 0 Å². The predicted molar refractivity (Wildman–Crippen MR) is 74.6 cm³/mol. The number of β-amino-alcohol motifs (C(OH)–C–C–N with tert-alkyl or cyclic N) is 1. The maximum Gasteiger partial charge on any atom is 0.0917 e. The molecular weight excluding hydrogens is 222 g/mol. The van der Waals surface area contributed by atoms with Crippen LogP contribution in [0.1, 0.15) is 24.5 Å². The van der Waals surface area contributed by atoms with Gasteiger partial charge >= 0.3 is 0 Å². The Morgan fingerprint density at radius 2 is 1.72 bits per heavy atom. The van der Waals surface area contributed by atoms with Crippen molar-refractivity contribution in [2.24, 2.45) is 0 Å². The Kier molecular flexibility index (Phi) is 3.31. The number of rotatable bonds is 3. The number of benzene rings is 2. The summed E-state index contributed by atoms with van der Waals surface area (Å²) in [6.45, 7) is 3.02. The summed E-state index contributed by atoms with van der Waals surface area (Å²) in [6.07, 6.45) is 2.17. The van der Waals surface area contributed by atoms with Gasteiger partial charge in [0.05, 0.1) is 6.10 Å². The predicted octanol–water partition coefficient (Wildman–Crippen LogP) is 2.97. The summed E-state index contributed by atoms with van der Waals surface area (Å²) in [4.78, 5) is 2.35.